The summed E-state index contributed by atoms with van der Waals surface area (Å²) in [5, 5.41) is 19.8. The molecule has 0 saturated heterocycles. The quantitative estimate of drug-likeness (QED) is 0.493. The van der Waals surface area contributed by atoms with E-state index in [9.17, 15) is 14.9 Å². The molecular formula is C13H8INO5. The molecule has 0 saturated carbocycles. The van der Waals surface area contributed by atoms with Gasteiger partial charge >= 0.3 is 5.97 Å². The smallest absolute Gasteiger partial charge is 0.339 e. The highest BCUT2D eigenvalue weighted by Crippen LogP contribution is 2.29. The van der Waals surface area contributed by atoms with E-state index in [4.69, 9.17) is 9.84 Å². The first-order valence-corrected chi connectivity index (χ1v) is 6.50. The van der Waals surface area contributed by atoms with Crippen molar-refractivity contribution in [3.63, 3.8) is 0 Å². The third kappa shape index (κ3) is 3.23. The van der Waals surface area contributed by atoms with E-state index in [1.54, 1.807) is 18.2 Å². The van der Waals surface area contributed by atoms with Crippen LogP contribution in [0, 0.1) is 13.7 Å². The van der Waals surface area contributed by atoms with Gasteiger partial charge in [-0.1, -0.05) is 6.07 Å². The fourth-order valence-electron chi connectivity index (χ4n) is 1.55. The molecule has 0 bridgehead atoms. The Morgan fingerprint density at radius 2 is 2.00 bits per heavy atom. The molecular weight excluding hydrogens is 377 g/mol. The molecule has 0 aliphatic carbocycles. The summed E-state index contributed by atoms with van der Waals surface area (Å²) < 4.78 is 6.41. The first kappa shape index (κ1) is 14.3. The van der Waals surface area contributed by atoms with Gasteiger partial charge in [0.2, 0.25) is 0 Å². The van der Waals surface area contributed by atoms with E-state index in [1.807, 2.05) is 6.07 Å². The summed E-state index contributed by atoms with van der Waals surface area (Å²) in [6.07, 6.45) is 0. The van der Waals surface area contributed by atoms with Gasteiger partial charge in [-0.2, -0.15) is 0 Å². The van der Waals surface area contributed by atoms with E-state index in [2.05, 4.69) is 22.6 Å². The Balaban J connectivity index is 2.41. The minimum absolute atomic E-state index is 0.0603. The molecule has 7 heteroatoms. The number of nitro benzene ring substituents is 1. The Morgan fingerprint density at radius 3 is 2.60 bits per heavy atom. The van der Waals surface area contributed by atoms with Crippen molar-refractivity contribution in [2.45, 2.75) is 0 Å². The molecule has 0 unspecified atom stereocenters. The monoisotopic (exact) mass is 385 g/mol. The SMILES string of the molecule is O=C(O)c1cc([N+](=O)[O-])ccc1Oc1cccc(I)c1. The van der Waals surface area contributed by atoms with E-state index in [1.165, 1.54) is 12.1 Å². The number of hydrogen-bond donors (Lipinski definition) is 1. The third-order valence-corrected chi connectivity index (χ3v) is 3.10. The molecule has 0 aliphatic heterocycles. The average molecular weight is 385 g/mol. The fourth-order valence-corrected chi connectivity index (χ4v) is 2.06. The maximum atomic E-state index is 11.1. The number of aromatic carboxylic acids is 1. The van der Waals surface area contributed by atoms with Crippen molar-refractivity contribution in [2.75, 3.05) is 0 Å². The van der Waals surface area contributed by atoms with Gasteiger partial charge in [-0.3, -0.25) is 10.1 Å². The van der Waals surface area contributed by atoms with Gasteiger partial charge in [-0.25, -0.2) is 4.79 Å². The minimum atomic E-state index is -1.28. The predicted molar refractivity (Wildman–Crippen MR) is 79.3 cm³/mol. The van der Waals surface area contributed by atoms with Crippen molar-refractivity contribution in [1.29, 1.82) is 0 Å². The first-order chi connectivity index (χ1) is 9.47. The fraction of sp³-hybridized carbons (Fsp3) is 0. The van der Waals surface area contributed by atoms with Crippen molar-refractivity contribution >= 4 is 34.2 Å². The van der Waals surface area contributed by atoms with Crippen LogP contribution in [0.4, 0.5) is 5.69 Å². The second kappa shape index (κ2) is 5.87. The first-order valence-electron chi connectivity index (χ1n) is 5.42. The van der Waals surface area contributed by atoms with E-state index in [0.717, 1.165) is 9.64 Å². The standard InChI is InChI=1S/C13H8INO5/c14-8-2-1-3-10(6-8)20-12-5-4-9(15(18)19)7-11(12)13(16)17/h1-7H,(H,16,17). The number of halogens is 1. The second-order valence-corrected chi connectivity index (χ2v) is 5.05. The topological polar surface area (TPSA) is 89.7 Å². The highest BCUT2D eigenvalue weighted by atomic mass is 127. The van der Waals surface area contributed by atoms with Gasteiger partial charge in [-0.15, -0.1) is 0 Å². The lowest BCUT2D eigenvalue weighted by Gasteiger charge is -2.08. The van der Waals surface area contributed by atoms with Crippen LogP contribution in [-0.2, 0) is 0 Å². The molecule has 20 heavy (non-hydrogen) atoms. The summed E-state index contributed by atoms with van der Waals surface area (Å²) in [5.74, 6) is -0.757. The van der Waals surface area contributed by atoms with Gasteiger partial charge in [0.25, 0.3) is 5.69 Å². The van der Waals surface area contributed by atoms with Gasteiger partial charge in [0, 0.05) is 15.7 Å². The van der Waals surface area contributed by atoms with Crippen molar-refractivity contribution in [1.82, 2.24) is 0 Å². The number of carbonyl (C=O) groups is 1. The van der Waals surface area contributed by atoms with Crippen molar-refractivity contribution < 1.29 is 19.6 Å². The molecule has 6 nitrogen and oxygen atoms in total. The molecule has 0 atom stereocenters. The van der Waals surface area contributed by atoms with Gasteiger partial charge in [0.15, 0.2) is 0 Å². The minimum Gasteiger partial charge on any atom is -0.478 e. The number of carboxylic acid groups (broad SMARTS) is 1. The Bertz CT molecular complexity index is 686. The van der Waals surface area contributed by atoms with Gasteiger partial charge in [0.05, 0.1) is 4.92 Å². The number of ether oxygens (including phenoxy) is 1. The molecule has 0 aliphatic rings. The van der Waals surface area contributed by atoms with Crippen LogP contribution in [0.2, 0.25) is 0 Å². The summed E-state index contributed by atoms with van der Waals surface area (Å²) in [7, 11) is 0. The van der Waals surface area contributed by atoms with Crippen LogP contribution in [0.1, 0.15) is 10.4 Å². The summed E-state index contributed by atoms with van der Waals surface area (Å²) in [5.41, 5.74) is -0.546. The van der Waals surface area contributed by atoms with E-state index >= 15 is 0 Å². The lowest BCUT2D eigenvalue weighted by atomic mass is 10.2. The maximum absolute atomic E-state index is 11.1. The molecule has 0 spiro atoms. The summed E-state index contributed by atoms with van der Waals surface area (Å²) in [6.45, 7) is 0. The molecule has 2 aromatic carbocycles. The molecule has 0 amide bonds. The van der Waals surface area contributed by atoms with Crippen LogP contribution in [0.15, 0.2) is 42.5 Å². The van der Waals surface area contributed by atoms with E-state index in [-0.39, 0.29) is 17.0 Å². The lowest BCUT2D eigenvalue weighted by Crippen LogP contribution is -2.01. The number of rotatable bonds is 4. The molecule has 0 radical (unpaired) electrons. The number of nitro groups is 1. The summed E-state index contributed by atoms with van der Waals surface area (Å²) in [6, 6.07) is 10.5. The van der Waals surface area contributed by atoms with Crippen molar-refractivity contribution in [2.24, 2.45) is 0 Å². The van der Waals surface area contributed by atoms with Crippen LogP contribution in [0.3, 0.4) is 0 Å². The largest absolute Gasteiger partial charge is 0.478 e. The second-order valence-electron chi connectivity index (χ2n) is 3.80. The van der Waals surface area contributed by atoms with Crippen molar-refractivity contribution in [3.05, 3.63) is 61.7 Å². The van der Waals surface area contributed by atoms with E-state index < -0.39 is 10.9 Å². The zero-order valence-electron chi connectivity index (χ0n) is 9.95. The molecule has 102 valence electrons. The van der Waals surface area contributed by atoms with Crippen LogP contribution < -0.4 is 4.74 Å². The van der Waals surface area contributed by atoms with Gasteiger partial charge in [-0.05, 0) is 46.9 Å². The van der Waals surface area contributed by atoms with Crippen LogP contribution >= 0.6 is 22.6 Å². The predicted octanol–water partition coefficient (Wildman–Crippen LogP) is 3.69. The molecule has 2 rings (SSSR count). The Labute approximate surface area is 127 Å². The number of hydrogen-bond acceptors (Lipinski definition) is 4. The highest BCUT2D eigenvalue weighted by Gasteiger charge is 2.17. The van der Waals surface area contributed by atoms with Crippen LogP contribution in [-0.4, -0.2) is 16.0 Å². The molecule has 0 aromatic heterocycles. The maximum Gasteiger partial charge on any atom is 0.339 e. The molecule has 1 N–H and O–H groups in total. The van der Waals surface area contributed by atoms with Gasteiger partial charge in [0.1, 0.15) is 17.1 Å². The zero-order chi connectivity index (χ0) is 14.7. The number of carboxylic acids is 1. The molecule has 0 heterocycles. The normalized spacial score (nSPS) is 10.1. The Kier molecular flexibility index (Phi) is 4.18. The number of nitrogens with zero attached hydrogens (tertiary/aromatic N) is 1. The van der Waals surface area contributed by atoms with Crippen LogP contribution in [0.5, 0.6) is 11.5 Å². The lowest BCUT2D eigenvalue weighted by molar-refractivity contribution is -0.384. The van der Waals surface area contributed by atoms with Crippen LogP contribution in [0.25, 0.3) is 0 Å². The van der Waals surface area contributed by atoms with Crippen molar-refractivity contribution in [3.8, 4) is 11.5 Å². The highest BCUT2D eigenvalue weighted by molar-refractivity contribution is 14.1. The summed E-state index contributed by atoms with van der Waals surface area (Å²) in [4.78, 5) is 21.2. The van der Waals surface area contributed by atoms with Gasteiger partial charge < -0.3 is 9.84 Å². The Hall–Kier alpha value is -2.16. The summed E-state index contributed by atoms with van der Waals surface area (Å²) >= 11 is 2.10. The zero-order valence-corrected chi connectivity index (χ0v) is 12.1. The molecule has 2 aromatic rings. The average Bonchev–Trinajstić information content (AvgIpc) is 2.38. The number of benzene rings is 2. The number of non-ortho nitro benzene ring substituents is 1. The molecule has 0 fully saturated rings. The Morgan fingerprint density at radius 1 is 1.25 bits per heavy atom. The third-order valence-electron chi connectivity index (χ3n) is 2.43. The van der Waals surface area contributed by atoms with E-state index in [0.29, 0.717) is 5.75 Å².